The van der Waals surface area contributed by atoms with E-state index in [1.54, 1.807) is 10.9 Å². The molecule has 0 radical (unpaired) electrons. The number of anilines is 1. The number of hydrogen-bond donors (Lipinski definition) is 2. The topological polar surface area (TPSA) is 85.0 Å². The van der Waals surface area contributed by atoms with Gasteiger partial charge in [0.05, 0.1) is 5.69 Å². The Morgan fingerprint density at radius 2 is 1.63 bits per heavy atom. The number of benzene rings is 3. The smallest absolute Gasteiger partial charge is 0.250 e. The lowest BCUT2D eigenvalue weighted by Crippen LogP contribution is -2.33. The SMILES string of the molecule is Cc1cc2nn(-c3ccccc3)nc2cc1NC(=S)NC(=O)/C=C/c1ccc(-c2ccccc2)o1. The summed E-state index contributed by atoms with van der Waals surface area (Å²) in [7, 11) is 0. The van der Waals surface area contributed by atoms with Crippen LogP contribution in [0.25, 0.3) is 34.1 Å². The monoisotopic (exact) mass is 479 g/mol. The van der Waals surface area contributed by atoms with Gasteiger partial charge in [-0.15, -0.1) is 10.2 Å². The molecule has 0 aliphatic heterocycles. The van der Waals surface area contributed by atoms with E-state index in [1.807, 2.05) is 91.9 Å². The maximum absolute atomic E-state index is 12.4. The molecule has 0 unspecified atom stereocenters. The number of aryl methyl sites for hydroxylation is 1. The molecule has 0 saturated carbocycles. The van der Waals surface area contributed by atoms with E-state index in [9.17, 15) is 4.79 Å². The minimum Gasteiger partial charge on any atom is -0.457 e. The van der Waals surface area contributed by atoms with Crippen LogP contribution in [0.5, 0.6) is 0 Å². The Kier molecular flexibility index (Phi) is 6.19. The van der Waals surface area contributed by atoms with E-state index in [4.69, 9.17) is 16.6 Å². The van der Waals surface area contributed by atoms with Crippen molar-refractivity contribution in [2.75, 3.05) is 5.32 Å². The second-order valence-corrected chi connectivity index (χ2v) is 8.23. The van der Waals surface area contributed by atoms with Crippen LogP contribution in [0.4, 0.5) is 5.69 Å². The molecule has 172 valence electrons. The Morgan fingerprint density at radius 1 is 0.943 bits per heavy atom. The number of nitrogens with zero attached hydrogens (tertiary/aromatic N) is 3. The first-order chi connectivity index (χ1) is 17.0. The van der Waals surface area contributed by atoms with Crippen LogP contribution < -0.4 is 10.6 Å². The first-order valence-electron chi connectivity index (χ1n) is 10.9. The van der Waals surface area contributed by atoms with Crippen molar-refractivity contribution in [2.24, 2.45) is 0 Å². The molecule has 35 heavy (non-hydrogen) atoms. The average Bonchev–Trinajstić information content (AvgIpc) is 3.51. The highest BCUT2D eigenvalue weighted by Gasteiger charge is 2.10. The molecule has 0 bridgehead atoms. The molecule has 0 fully saturated rings. The van der Waals surface area contributed by atoms with Crippen molar-refractivity contribution in [3.63, 3.8) is 0 Å². The summed E-state index contributed by atoms with van der Waals surface area (Å²) in [6, 6.07) is 26.9. The molecule has 3 aromatic carbocycles. The van der Waals surface area contributed by atoms with Gasteiger partial charge < -0.3 is 9.73 Å². The summed E-state index contributed by atoms with van der Waals surface area (Å²) >= 11 is 5.33. The van der Waals surface area contributed by atoms with Gasteiger partial charge in [-0.1, -0.05) is 48.5 Å². The Labute approximate surface area is 207 Å². The van der Waals surface area contributed by atoms with Crippen molar-refractivity contribution in [1.29, 1.82) is 0 Å². The molecule has 2 aromatic heterocycles. The highest BCUT2D eigenvalue weighted by Crippen LogP contribution is 2.23. The molecule has 0 aliphatic rings. The number of para-hydroxylation sites is 1. The van der Waals surface area contributed by atoms with Crippen LogP contribution in [0.1, 0.15) is 11.3 Å². The third-order valence-electron chi connectivity index (χ3n) is 5.28. The van der Waals surface area contributed by atoms with Crippen LogP contribution in [0.15, 0.2) is 95.4 Å². The summed E-state index contributed by atoms with van der Waals surface area (Å²) in [5.41, 5.74) is 4.99. The third-order valence-corrected chi connectivity index (χ3v) is 5.49. The molecule has 7 nitrogen and oxygen atoms in total. The molecule has 5 rings (SSSR count). The number of amides is 1. The van der Waals surface area contributed by atoms with Gasteiger partial charge in [0.2, 0.25) is 5.91 Å². The van der Waals surface area contributed by atoms with E-state index in [0.717, 1.165) is 33.8 Å². The number of hydrogen-bond acceptors (Lipinski definition) is 5. The first kappa shape index (κ1) is 22.2. The first-order valence-corrected chi connectivity index (χ1v) is 11.3. The van der Waals surface area contributed by atoms with E-state index in [1.165, 1.54) is 6.08 Å². The van der Waals surface area contributed by atoms with Gasteiger partial charge in [-0.25, -0.2) is 0 Å². The lowest BCUT2D eigenvalue weighted by molar-refractivity contribution is -0.115. The molecule has 1 amide bonds. The van der Waals surface area contributed by atoms with Crippen LogP contribution in [0.3, 0.4) is 0 Å². The molecule has 0 spiro atoms. The Morgan fingerprint density at radius 3 is 2.37 bits per heavy atom. The lowest BCUT2D eigenvalue weighted by Gasteiger charge is -2.10. The van der Waals surface area contributed by atoms with Crippen LogP contribution in [-0.4, -0.2) is 26.0 Å². The molecule has 5 aromatic rings. The van der Waals surface area contributed by atoms with E-state index in [2.05, 4.69) is 20.8 Å². The van der Waals surface area contributed by atoms with Gasteiger partial charge >= 0.3 is 0 Å². The van der Waals surface area contributed by atoms with Gasteiger partial charge in [-0.05, 0) is 67.2 Å². The van der Waals surface area contributed by atoms with Crippen LogP contribution in [0.2, 0.25) is 0 Å². The number of furan rings is 1. The second-order valence-electron chi connectivity index (χ2n) is 7.83. The number of carbonyl (C=O) groups is 1. The van der Waals surface area contributed by atoms with Gasteiger partial charge in [0, 0.05) is 17.3 Å². The molecule has 8 heteroatoms. The summed E-state index contributed by atoms with van der Waals surface area (Å²) in [4.78, 5) is 14.0. The number of carbonyl (C=O) groups excluding carboxylic acids is 1. The summed E-state index contributed by atoms with van der Waals surface area (Å²) < 4.78 is 5.78. The molecular formula is C27H21N5O2S. The summed E-state index contributed by atoms with van der Waals surface area (Å²) in [5, 5.41) is 15.0. The van der Waals surface area contributed by atoms with Gasteiger partial charge in [0.25, 0.3) is 0 Å². The van der Waals surface area contributed by atoms with E-state index >= 15 is 0 Å². The molecule has 0 aliphatic carbocycles. The zero-order chi connectivity index (χ0) is 24.2. The highest BCUT2D eigenvalue weighted by molar-refractivity contribution is 7.80. The van der Waals surface area contributed by atoms with Crippen LogP contribution in [0, 0.1) is 6.92 Å². The maximum atomic E-state index is 12.4. The number of nitrogens with one attached hydrogen (secondary N) is 2. The summed E-state index contributed by atoms with van der Waals surface area (Å²) in [5.74, 6) is 0.938. The predicted molar refractivity (Wildman–Crippen MR) is 141 cm³/mol. The zero-order valence-corrected chi connectivity index (χ0v) is 19.6. The standard InChI is InChI=1S/C27H21N5O2S/c1-18-16-23-24(31-32(30-23)20-10-6-3-7-11-20)17-22(18)28-27(35)29-26(33)15-13-21-12-14-25(34-21)19-8-4-2-5-9-19/h2-17H,1H3,(H2,28,29,33,35)/b15-13+. The normalized spacial score (nSPS) is 11.1. The number of aromatic nitrogens is 3. The largest absolute Gasteiger partial charge is 0.457 e. The van der Waals surface area contributed by atoms with Crippen LogP contribution >= 0.6 is 12.2 Å². The zero-order valence-electron chi connectivity index (χ0n) is 18.8. The van der Waals surface area contributed by atoms with Crippen molar-refractivity contribution in [3.05, 3.63) is 102 Å². The third kappa shape index (κ3) is 5.18. The lowest BCUT2D eigenvalue weighted by atomic mass is 10.2. The Hall–Kier alpha value is -4.56. The number of thiocarbonyl (C=S) groups is 1. The van der Waals surface area contributed by atoms with Crippen molar-refractivity contribution in [3.8, 4) is 17.0 Å². The van der Waals surface area contributed by atoms with Crippen molar-refractivity contribution < 1.29 is 9.21 Å². The molecule has 0 saturated heterocycles. The van der Waals surface area contributed by atoms with Gasteiger partial charge in [-0.3, -0.25) is 10.1 Å². The Bertz CT molecular complexity index is 1540. The van der Waals surface area contributed by atoms with Crippen molar-refractivity contribution in [1.82, 2.24) is 20.3 Å². The van der Waals surface area contributed by atoms with Crippen molar-refractivity contribution in [2.45, 2.75) is 6.92 Å². The quantitative estimate of drug-likeness (QED) is 0.255. The van der Waals surface area contributed by atoms with Gasteiger partial charge in [0.1, 0.15) is 22.6 Å². The van der Waals surface area contributed by atoms with Gasteiger partial charge in [-0.2, -0.15) is 4.80 Å². The summed E-state index contributed by atoms with van der Waals surface area (Å²) in [6.07, 6.45) is 2.98. The highest BCUT2D eigenvalue weighted by atomic mass is 32.1. The van der Waals surface area contributed by atoms with Crippen LogP contribution in [-0.2, 0) is 4.79 Å². The molecular weight excluding hydrogens is 458 g/mol. The average molecular weight is 480 g/mol. The fraction of sp³-hybridized carbons (Fsp3) is 0.0370. The maximum Gasteiger partial charge on any atom is 0.250 e. The summed E-state index contributed by atoms with van der Waals surface area (Å²) in [6.45, 7) is 1.94. The fourth-order valence-corrected chi connectivity index (χ4v) is 3.75. The minimum atomic E-state index is -0.367. The van der Waals surface area contributed by atoms with Crippen molar-refractivity contribution >= 4 is 46.0 Å². The molecule has 2 heterocycles. The number of fused-ring (bicyclic) bond motifs is 1. The second kappa shape index (κ2) is 9.74. The minimum absolute atomic E-state index is 0.182. The van der Waals surface area contributed by atoms with E-state index < -0.39 is 0 Å². The molecule has 2 N–H and O–H groups in total. The fourth-order valence-electron chi connectivity index (χ4n) is 3.54. The predicted octanol–water partition coefficient (Wildman–Crippen LogP) is 5.52. The van der Waals surface area contributed by atoms with E-state index in [-0.39, 0.29) is 11.0 Å². The van der Waals surface area contributed by atoms with E-state index in [0.29, 0.717) is 11.3 Å². The Balaban J connectivity index is 1.23. The number of rotatable bonds is 5. The van der Waals surface area contributed by atoms with Gasteiger partial charge in [0.15, 0.2) is 5.11 Å². The molecule has 0 atom stereocenters.